The molecule has 0 aliphatic carbocycles. The molecule has 21 heavy (non-hydrogen) atoms. The van der Waals surface area contributed by atoms with Crippen LogP contribution in [0.25, 0.3) is 10.9 Å². The van der Waals surface area contributed by atoms with Gasteiger partial charge in [0.25, 0.3) is 0 Å². The van der Waals surface area contributed by atoms with Gasteiger partial charge in [-0.15, -0.1) is 0 Å². The molecule has 0 saturated heterocycles. The summed E-state index contributed by atoms with van der Waals surface area (Å²) in [5, 5.41) is 5.17. The molecule has 1 aromatic carbocycles. The van der Waals surface area contributed by atoms with Crippen LogP contribution >= 0.6 is 11.3 Å². The van der Waals surface area contributed by atoms with Crippen molar-refractivity contribution in [1.29, 1.82) is 0 Å². The molecule has 0 aliphatic rings. The second-order valence-electron chi connectivity index (χ2n) is 4.99. The first-order valence-corrected chi connectivity index (χ1v) is 8.02. The molecule has 0 saturated carbocycles. The van der Waals surface area contributed by atoms with Gasteiger partial charge in [-0.1, -0.05) is 13.0 Å². The number of hydrogen-bond acceptors (Lipinski definition) is 4. The summed E-state index contributed by atoms with van der Waals surface area (Å²) in [7, 11) is 0. The van der Waals surface area contributed by atoms with Gasteiger partial charge in [0.1, 0.15) is 11.9 Å². The minimum Gasteiger partial charge on any atom is -0.483 e. The fourth-order valence-corrected chi connectivity index (χ4v) is 3.05. The number of pyridine rings is 1. The van der Waals surface area contributed by atoms with E-state index in [2.05, 4.69) is 28.7 Å². The summed E-state index contributed by atoms with van der Waals surface area (Å²) in [6.45, 7) is 2.08. The minimum atomic E-state index is -0.132. The van der Waals surface area contributed by atoms with Crippen LogP contribution in [-0.2, 0) is 0 Å². The van der Waals surface area contributed by atoms with Crippen molar-refractivity contribution in [1.82, 2.24) is 4.98 Å². The molecule has 0 aliphatic heterocycles. The zero-order chi connectivity index (χ0) is 14.7. The Morgan fingerprint density at radius 3 is 2.90 bits per heavy atom. The van der Waals surface area contributed by atoms with Gasteiger partial charge >= 0.3 is 0 Å². The molecule has 2 aromatic heterocycles. The Labute approximate surface area is 128 Å². The normalized spacial score (nSPS) is 14.0. The van der Waals surface area contributed by atoms with Gasteiger partial charge in [-0.25, -0.2) is 0 Å². The first kappa shape index (κ1) is 14.0. The number of nitrogens with zero attached hydrogens (tertiary/aromatic N) is 1. The number of thiophene rings is 1. The molecule has 3 nitrogen and oxygen atoms in total. The summed E-state index contributed by atoms with van der Waals surface area (Å²) in [6, 6.07) is 11.9. The summed E-state index contributed by atoms with van der Waals surface area (Å²) >= 11 is 1.66. The second-order valence-corrected chi connectivity index (χ2v) is 5.77. The van der Waals surface area contributed by atoms with Gasteiger partial charge in [0.05, 0.1) is 5.52 Å². The van der Waals surface area contributed by atoms with E-state index >= 15 is 0 Å². The van der Waals surface area contributed by atoms with Gasteiger partial charge in [0.15, 0.2) is 0 Å². The average molecular weight is 298 g/mol. The lowest BCUT2D eigenvalue weighted by Gasteiger charge is -2.24. The van der Waals surface area contributed by atoms with E-state index in [9.17, 15) is 0 Å². The van der Waals surface area contributed by atoms with Crippen LogP contribution in [0.4, 0.5) is 0 Å². The SMILES string of the molecule is CCC(N)C(Oc1cccc2ncccc12)c1ccsc1. The number of rotatable bonds is 5. The maximum Gasteiger partial charge on any atom is 0.140 e. The summed E-state index contributed by atoms with van der Waals surface area (Å²) < 4.78 is 6.27. The van der Waals surface area contributed by atoms with Gasteiger partial charge < -0.3 is 10.5 Å². The molecule has 2 atom stereocenters. The largest absolute Gasteiger partial charge is 0.483 e. The van der Waals surface area contributed by atoms with E-state index in [1.807, 2.05) is 30.3 Å². The van der Waals surface area contributed by atoms with Crippen LogP contribution in [0.1, 0.15) is 25.0 Å². The van der Waals surface area contributed by atoms with Crippen molar-refractivity contribution in [2.45, 2.75) is 25.5 Å². The lowest BCUT2D eigenvalue weighted by Crippen LogP contribution is -2.31. The number of ether oxygens (including phenoxy) is 1. The van der Waals surface area contributed by atoms with E-state index in [-0.39, 0.29) is 12.1 Å². The van der Waals surface area contributed by atoms with Crippen LogP contribution in [0, 0.1) is 0 Å². The number of fused-ring (bicyclic) bond motifs is 1. The maximum absolute atomic E-state index is 6.27. The first-order valence-electron chi connectivity index (χ1n) is 7.07. The minimum absolute atomic E-state index is 0.0356. The molecule has 0 amide bonds. The van der Waals surface area contributed by atoms with E-state index in [4.69, 9.17) is 10.5 Å². The van der Waals surface area contributed by atoms with Crippen LogP contribution < -0.4 is 10.5 Å². The molecule has 108 valence electrons. The Bertz CT molecular complexity index is 706. The molecule has 2 unspecified atom stereocenters. The summed E-state index contributed by atoms with van der Waals surface area (Å²) in [4.78, 5) is 4.37. The molecule has 2 N–H and O–H groups in total. The summed E-state index contributed by atoms with van der Waals surface area (Å²) in [6.07, 6.45) is 2.52. The lowest BCUT2D eigenvalue weighted by molar-refractivity contribution is 0.174. The van der Waals surface area contributed by atoms with Crippen LogP contribution in [0.15, 0.2) is 53.4 Å². The van der Waals surface area contributed by atoms with Crippen molar-refractivity contribution in [3.05, 3.63) is 58.9 Å². The van der Waals surface area contributed by atoms with Crippen molar-refractivity contribution in [3.63, 3.8) is 0 Å². The third kappa shape index (κ3) is 2.91. The second kappa shape index (κ2) is 6.24. The topological polar surface area (TPSA) is 48.1 Å². The average Bonchev–Trinajstić information content (AvgIpc) is 3.06. The van der Waals surface area contributed by atoms with E-state index in [1.165, 1.54) is 0 Å². The molecule has 0 bridgehead atoms. The van der Waals surface area contributed by atoms with E-state index in [0.717, 1.165) is 28.6 Å². The number of aromatic nitrogens is 1. The fraction of sp³-hybridized carbons (Fsp3) is 0.235. The highest BCUT2D eigenvalue weighted by Gasteiger charge is 2.21. The highest BCUT2D eigenvalue weighted by Crippen LogP contribution is 2.31. The molecule has 0 spiro atoms. The molecule has 3 rings (SSSR count). The molecule has 4 heteroatoms. The van der Waals surface area contributed by atoms with E-state index in [0.29, 0.717) is 0 Å². The van der Waals surface area contributed by atoms with E-state index in [1.54, 1.807) is 17.5 Å². The molecule has 3 aromatic rings. The smallest absolute Gasteiger partial charge is 0.140 e. The number of hydrogen-bond donors (Lipinski definition) is 1. The van der Waals surface area contributed by atoms with Crippen molar-refractivity contribution in [2.75, 3.05) is 0 Å². The van der Waals surface area contributed by atoms with Crippen LogP contribution in [-0.4, -0.2) is 11.0 Å². The lowest BCUT2D eigenvalue weighted by atomic mass is 10.0. The third-order valence-electron chi connectivity index (χ3n) is 3.59. The summed E-state index contributed by atoms with van der Waals surface area (Å²) in [5.41, 5.74) is 8.33. The Morgan fingerprint density at radius 2 is 2.14 bits per heavy atom. The van der Waals surface area contributed by atoms with Crippen molar-refractivity contribution in [3.8, 4) is 5.75 Å². The highest BCUT2D eigenvalue weighted by molar-refractivity contribution is 7.07. The maximum atomic E-state index is 6.27. The van der Waals surface area contributed by atoms with Crippen molar-refractivity contribution >= 4 is 22.2 Å². The predicted octanol–water partition coefficient (Wildman–Crippen LogP) is 4.15. The molecule has 2 heterocycles. The Hall–Kier alpha value is -1.91. The van der Waals surface area contributed by atoms with Gasteiger partial charge in [-0.05, 0) is 47.5 Å². The third-order valence-corrected chi connectivity index (χ3v) is 4.29. The van der Waals surface area contributed by atoms with E-state index < -0.39 is 0 Å². The zero-order valence-electron chi connectivity index (χ0n) is 11.9. The molecular weight excluding hydrogens is 280 g/mol. The standard InChI is InChI=1S/C17H18N2OS/c1-2-14(18)17(12-8-10-21-11-12)20-16-7-3-6-15-13(16)5-4-9-19-15/h3-11,14,17H,2,18H2,1H3. The number of nitrogens with two attached hydrogens (primary N) is 1. The fourth-order valence-electron chi connectivity index (χ4n) is 2.37. The highest BCUT2D eigenvalue weighted by atomic mass is 32.1. The summed E-state index contributed by atoms with van der Waals surface area (Å²) in [5.74, 6) is 0.834. The van der Waals surface area contributed by atoms with Gasteiger partial charge in [-0.3, -0.25) is 4.98 Å². The Balaban J connectivity index is 1.98. The van der Waals surface area contributed by atoms with Crippen LogP contribution in [0.3, 0.4) is 0 Å². The van der Waals surface area contributed by atoms with Gasteiger partial charge in [-0.2, -0.15) is 11.3 Å². The quantitative estimate of drug-likeness (QED) is 0.769. The molecular formula is C17H18N2OS. The van der Waals surface area contributed by atoms with Gasteiger partial charge in [0, 0.05) is 23.2 Å². The number of benzene rings is 1. The zero-order valence-corrected chi connectivity index (χ0v) is 12.7. The Kier molecular flexibility index (Phi) is 4.18. The molecule has 0 fully saturated rings. The monoisotopic (exact) mass is 298 g/mol. The van der Waals surface area contributed by atoms with Crippen molar-refractivity contribution < 1.29 is 4.74 Å². The Morgan fingerprint density at radius 1 is 1.24 bits per heavy atom. The predicted molar refractivity (Wildman–Crippen MR) is 87.7 cm³/mol. The first-order chi connectivity index (χ1) is 10.3. The van der Waals surface area contributed by atoms with Crippen molar-refractivity contribution in [2.24, 2.45) is 5.73 Å². The van der Waals surface area contributed by atoms with Crippen LogP contribution in [0.5, 0.6) is 5.75 Å². The van der Waals surface area contributed by atoms with Crippen LogP contribution in [0.2, 0.25) is 0 Å². The van der Waals surface area contributed by atoms with Gasteiger partial charge in [0.2, 0.25) is 0 Å². The molecule has 0 radical (unpaired) electrons.